The molecular formula is C24H22ClN3O5. The first-order valence-corrected chi connectivity index (χ1v) is 10.7. The van der Waals surface area contributed by atoms with Crippen LogP contribution >= 0.6 is 11.6 Å². The van der Waals surface area contributed by atoms with E-state index in [9.17, 15) is 14.4 Å². The highest BCUT2D eigenvalue weighted by atomic mass is 35.5. The fourth-order valence-corrected chi connectivity index (χ4v) is 3.69. The van der Waals surface area contributed by atoms with Gasteiger partial charge in [0.25, 0.3) is 5.91 Å². The number of hydrogen-bond donors (Lipinski definition) is 2. The van der Waals surface area contributed by atoms with Crippen molar-refractivity contribution in [2.45, 2.75) is 13.0 Å². The topological polar surface area (TPSA) is 101 Å². The molecule has 1 fully saturated rings. The van der Waals surface area contributed by atoms with Crippen molar-refractivity contribution in [3.8, 4) is 5.75 Å². The first kappa shape index (κ1) is 22.4. The fraction of sp³-hybridized carbons (Fsp3) is 0.208. The number of carbonyl (C=O) groups excluding carboxylic acids is 3. The molecule has 1 aromatic heterocycles. The van der Waals surface area contributed by atoms with Gasteiger partial charge in [0.2, 0.25) is 11.8 Å². The van der Waals surface area contributed by atoms with E-state index in [0.717, 1.165) is 0 Å². The summed E-state index contributed by atoms with van der Waals surface area (Å²) in [5.74, 6) is 0.0782. The second-order valence-corrected chi connectivity index (χ2v) is 7.98. The van der Waals surface area contributed by atoms with Crippen LogP contribution in [-0.4, -0.2) is 30.9 Å². The Bertz CT molecular complexity index is 1130. The zero-order valence-electron chi connectivity index (χ0n) is 17.6. The molecule has 1 aliphatic rings. The number of carbonyl (C=O) groups is 3. The summed E-state index contributed by atoms with van der Waals surface area (Å²) in [5, 5.41) is 6.03. The predicted molar refractivity (Wildman–Crippen MR) is 123 cm³/mol. The summed E-state index contributed by atoms with van der Waals surface area (Å²) < 4.78 is 10.7. The molecular weight excluding hydrogens is 446 g/mol. The summed E-state index contributed by atoms with van der Waals surface area (Å²) in [5.41, 5.74) is 1.25. The average Bonchev–Trinajstić information content (AvgIpc) is 3.46. The van der Waals surface area contributed by atoms with Crippen LogP contribution in [0.25, 0.3) is 0 Å². The monoisotopic (exact) mass is 467 g/mol. The van der Waals surface area contributed by atoms with E-state index < -0.39 is 5.92 Å². The van der Waals surface area contributed by atoms with E-state index in [1.165, 1.54) is 0 Å². The van der Waals surface area contributed by atoms with E-state index in [1.54, 1.807) is 71.8 Å². The molecule has 4 rings (SSSR count). The number of hydrogen-bond acceptors (Lipinski definition) is 5. The van der Waals surface area contributed by atoms with Crippen molar-refractivity contribution in [2.75, 3.05) is 23.4 Å². The van der Waals surface area contributed by atoms with E-state index in [2.05, 4.69) is 10.6 Å². The van der Waals surface area contributed by atoms with Gasteiger partial charge in [-0.2, -0.15) is 0 Å². The van der Waals surface area contributed by atoms with Gasteiger partial charge in [0.1, 0.15) is 11.5 Å². The second-order valence-electron chi connectivity index (χ2n) is 7.54. The van der Waals surface area contributed by atoms with Crippen molar-refractivity contribution >= 4 is 40.7 Å². The number of amides is 3. The number of nitrogens with one attached hydrogen (secondary N) is 2. The molecule has 1 atom stereocenters. The Morgan fingerprint density at radius 2 is 1.94 bits per heavy atom. The molecule has 0 unspecified atom stereocenters. The second kappa shape index (κ2) is 10.2. The summed E-state index contributed by atoms with van der Waals surface area (Å²) in [6.07, 6.45) is 1.69. The standard InChI is InChI=1S/C24H22ClN3O5/c25-17-3-1-4-18(12-17)27-22(29)15-33-20-8-6-19(7-9-20)28-14-16(11-23(28)30)24(31)26-13-21-5-2-10-32-21/h1-10,12,16H,11,13-15H2,(H,26,31)(H,27,29)/t16-/m1/s1. The zero-order chi connectivity index (χ0) is 23.2. The van der Waals surface area contributed by atoms with E-state index >= 15 is 0 Å². The van der Waals surface area contributed by atoms with Crippen molar-refractivity contribution < 1.29 is 23.5 Å². The Morgan fingerprint density at radius 3 is 2.67 bits per heavy atom. The molecule has 9 heteroatoms. The molecule has 3 amide bonds. The number of halogens is 1. The lowest BCUT2D eigenvalue weighted by Crippen LogP contribution is -2.32. The Hall–Kier alpha value is -3.78. The maximum Gasteiger partial charge on any atom is 0.262 e. The Kier molecular flexibility index (Phi) is 6.95. The summed E-state index contributed by atoms with van der Waals surface area (Å²) in [6.45, 7) is 0.408. The van der Waals surface area contributed by atoms with E-state index in [0.29, 0.717) is 34.5 Å². The van der Waals surface area contributed by atoms with Crippen LogP contribution in [0.5, 0.6) is 5.75 Å². The molecule has 0 spiro atoms. The molecule has 1 aliphatic heterocycles. The van der Waals surface area contributed by atoms with E-state index in [1.807, 2.05) is 0 Å². The van der Waals surface area contributed by atoms with Crippen LogP contribution in [-0.2, 0) is 20.9 Å². The molecule has 2 N–H and O–H groups in total. The Morgan fingerprint density at radius 1 is 1.12 bits per heavy atom. The van der Waals surface area contributed by atoms with Crippen LogP contribution < -0.4 is 20.3 Å². The Labute approximate surface area is 195 Å². The third-order valence-corrected chi connectivity index (χ3v) is 5.37. The van der Waals surface area contributed by atoms with E-state index in [-0.39, 0.29) is 37.3 Å². The first-order chi connectivity index (χ1) is 16.0. The maximum absolute atomic E-state index is 12.5. The number of ether oxygens (including phenoxy) is 1. The lowest BCUT2D eigenvalue weighted by molar-refractivity contribution is -0.126. The molecule has 0 radical (unpaired) electrons. The zero-order valence-corrected chi connectivity index (χ0v) is 18.4. The van der Waals surface area contributed by atoms with Gasteiger partial charge in [-0.1, -0.05) is 17.7 Å². The van der Waals surface area contributed by atoms with Crippen LogP contribution in [0.2, 0.25) is 5.02 Å². The molecule has 3 aromatic rings. The van der Waals surface area contributed by atoms with Gasteiger partial charge < -0.3 is 24.7 Å². The lowest BCUT2D eigenvalue weighted by atomic mass is 10.1. The lowest BCUT2D eigenvalue weighted by Gasteiger charge is -2.17. The van der Waals surface area contributed by atoms with Crippen LogP contribution in [0.3, 0.4) is 0 Å². The van der Waals surface area contributed by atoms with Crippen LogP contribution in [0.15, 0.2) is 71.3 Å². The summed E-state index contributed by atoms with van der Waals surface area (Å²) >= 11 is 5.91. The van der Waals surface area contributed by atoms with Gasteiger partial charge in [0.15, 0.2) is 6.61 Å². The normalized spacial score (nSPS) is 15.4. The molecule has 0 bridgehead atoms. The van der Waals surface area contributed by atoms with Crippen molar-refractivity contribution in [1.82, 2.24) is 5.32 Å². The minimum absolute atomic E-state index is 0.122. The summed E-state index contributed by atoms with van der Waals surface area (Å²) in [7, 11) is 0. The number of anilines is 2. The van der Waals surface area contributed by atoms with Gasteiger partial charge in [-0.3, -0.25) is 14.4 Å². The van der Waals surface area contributed by atoms with Crippen LogP contribution in [0.1, 0.15) is 12.2 Å². The van der Waals surface area contributed by atoms with Crippen molar-refractivity contribution in [2.24, 2.45) is 5.92 Å². The third-order valence-electron chi connectivity index (χ3n) is 5.14. The average molecular weight is 468 g/mol. The molecule has 2 heterocycles. The highest BCUT2D eigenvalue weighted by molar-refractivity contribution is 6.30. The van der Waals surface area contributed by atoms with Crippen molar-refractivity contribution in [3.63, 3.8) is 0 Å². The number of nitrogens with zero attached hydrogens (tertiary/aromatic N) is 1. The molecule has 33 heavy (non-hydrogen) atoms. The summed E-state index contributed by atoms with van der Waals surface area (Å²) in [6, 6.07) is 17.2. The largest absolute Gasteiger partial charge is 0.484 e. The fourth-order valence-electron chi connectivity index (χ4n) is 3.50. The minimum atomic E-state index is -0.432. The SMILES string of the molecule is O=C(COc1ccc(N2C[C@H](C(=O)NCc3ccco3)CC2=O)cc1)Nc1cccc(Cl)c1. The smallest absolute Gasteiger partial charge is 0.262 e. The third kappa shape index (κ3) is 5.93. The van der Waals surface area contributed by atoms with E-state index in [4.69, 9.17) is 20.8 Å². The molecule has 8 nitrogen and oxygen atoms in total. The number of rotatable bonds is 8. The van der Waals surface area contributed by atoms with Crippen molar-refractivity contribution in [3.05, 3.63) is 77.7 Å². The minimum Gasteiger partial charge on any atom is -0.484 e. The predicted octanol–water partition coefficient (Wildman–Crippen LogP) is 3.62. The quantitative estimate of drug-likeness (QED) is 0.527. The molecule has 2 aromatic carbocycles. The number of benzene rings is 2. The van der Waals surface area contributed by atoms with Gasteiger partial charge in [-0.05, 0) is 54.6 Å². The first-order valence-electron chi connectivity index (χ1n) is 10.4. The van der Waals surface area contributed by atoms with Gasteiger partial charge in [-0.25, -0.2) is 0 Å². The van der Waals surface area contributed by atoms with Gasteiger partial charge in [0.05, 0.1) is 18.7 Å². The molecule has 1 saturated heterocycles. The molecule has 0 saturated carbocycles. The highest BCUT2D eigenvalue weighted by Crippen LogP contribution is 2.27. The van der Waals surface area contributed by atoms with Crippen LogP contribution in [0.4, 0.5) is 11.4 Å². The highest BCUT2D eigenvalue weighted by Gasteiger charge is 2.35. The summed E-state index contributed by atoms with van der Waals surface area (Å²) in [4.78, 5) is 38.5. The van der Waals surface area contributed by atoms with Gasteiger partial charge >= 0.3 is 0 Å². The van der Waals surface area contributed by atoms with Gasteiger partial charge in [-0.15, -0.1) is 0 Å². The number of furan rings is 1. The molecule has 0 aliphatic carbocycles. The molecule has 170 valence electrons. The van der Waals surface area contributed by atoms with Crippen LogP contribution in [0, 0.1) is 5.92 Å². The van der Waals surface area contributed by atoms with Gasteiger partial charge in [0, 0.05) is 29.4 Å². The van der Waals surface area contributed by atoms with Crippen molar-refractivity contribution in [1.29, 1.82) is 0 Å². The Balaban J connectivity index is 1.27. The maximum atomic E-state index is 12.5.